The molecule has 1 nitrogen and oxygen atoms in total. The summed E-state index contributed by atoms with van der Waals surface area (Å²) in [5, 5.41) is 10.2. The fourth-order valence-corrected chi connectivity index (χ4v) is 2.70. The van der Waals surface area contributed by atoms with Crippen LogP contribution in [0.5, 0.6) is 0 Å². The number of hydrogen-bond donors (Lipinski definition) is 1. The molecule has 0 saturated heterocycles. The van der Waals surface area contributed by atoms with Gasteiger partial charge in [0.2, 0.25) is 0 Å². The highest BCUT2D eigenvalue weighted by atomic mass is 127. The lowest BCUT2D eigenvalue weighted by molar-refractivity contribution is 0.115. The van der Waals surface area contributed by atoms with Gasteiger partial charge < -0.3 is 5.11 Å². The predicted octanol–water partition coefficient (Wildman–Crippen LogP) is 5.05. The van der Waals surface area contributed by atoms with Crippen LogP contribution in [0.2, 0.25) is 11.6 Å². The van der Waals surface area contributed by atoms with Crippen molar-refractivity contribution in [1.82, 2.24) is 0 Å². The van der Waals surface area contributed by atoms with Crippen molar-refractivity contribution >= 4 is 37.7 Å². The van der Waals surface area contributed by atoms with Crippen molar-refractivity contribution in [2.24, 2.45) is 16.2 Å². The minimum Gasteiger partial charge on any atom is -0.389 e. The maximum Gasteiger partial charge on any atom is 0.128 e. The van der Waals surface area contributed by atoms with Crippen LogP contribution >= 0.6 is 22.6 Å². The van der Waals surface area contributed by atoms with Crippen LogP contribution in [0.1, 0.15) is 68.7 Å². The molecule has 4 heteroatoms. The van der Waals surface area contributed by atoms with E-state index in [0.29, 0.717) is 5.41 Å². The van der Waals surface area contributed by atoms with Crippen LogP contribution < -0.4 is 0 Å². The molecule has 0 aromatic heterocycles. The Morgan fingerprint density at radius 1 is 0.900 bits per heavy atom. The molecule has 115 valence electrons. The third-order valence-electron chi connectivity index (χ3n) is 4.79. The third kappa shape index (κ3) is 5.90. The molecule has 0 fully saturated rings. The second kappa shape index (κ2) is 6.14. The van der Waals surface area contributed by atoms with E-state index in [0.717, 1.165) is 12.7 Å². The molecule has 0 aromatic carbocycles. The fourth-order valence-electron chi connectivity index (χ4n) is 2.48. The molecule has 0 saturated carbocycles. The van der Waals surface area contributed by atoms with E-state index in [9.17, 15) is 5.11 Å². The van der Waals surface area contributed by atoms with Crippen molar-refractivity contribution in [1.29, 1.82) is 0 Å². The van der Waals surface area contributed by atoms with E-state index in [1.807, 2.05) is 36.4 Å². The van der Waals surface area contributed by atoms with Gasteiger partial charge in [-0.1, -0.05) is 96.5 Å². The Morgan fingerprint density at radius 2 is 1.30 bits per heavy atom. The van der Waals surface area contributed by atoms with Gasteiger partial charge in [0, 0.05) is 0 Å². The smallest absolute Gasteiger partial charge is 0.128 e. The lowest BCUT2D eigenvalue weighted by atomic mass is 9.39. The summed E-state index contributed by atoms with van der Waals surface area (Å²) < 4.78 is -1.19. The summed E-state index contributed by atoms with van der Waals surface area (Å²) in [7, 11) is 8.22. The highest BCUT2D eigenvalue weighted by Crippen LogP contribution is 2.52. The Labute approximate surface area is 142 Å². The van der Waals surface area contributed by atoms with E-state index >= 15 is 0 Å². The first-order chi connectivity index (χ1) is 8.41. The second-order valence-electron chi connectivity index (χ2n) is 9.31. The van der Waals surface area contributed by atoms with Gasteiger partial charge in [0.25, 0.3) is 0 Å². The van der Waals surface area contributed by atoms with E-state index in [2.05, 4.69) is 55.7 Å². The summed E-state index contributed by atoms with van der Waals surface area (Å²) in [6.07, 6.45) is 1.95. The molecule has 1 unspecified atom stereocenters. The lowest BCUT2D eigenvalue weighted by Gasteiger charge is -2.47. The maximum absolute atomic E-state index is 10.1. The zero-order valence-corrected chi connectivity index (χ0v) is 17.1. The van der Waals surface area contributed by atoms with Gasteiger partial charge in [0.05, 0.1) is 3.51 Å². The molecular weight excluding hydrogens is 357 g/mol. The van der Waals surface area contributed by atoms with Gasteiger partial charge in [0.1, 0.15) is 15.1 Å². The number of aliphatic hydroxyl groups is 1. The van der Waals surface area contributed by atoms with Gasteiger partial charge in [-0.25, -0.2) is 0 Å². The monoisotopic (exact) mass is 389 g/mol. The zero-order chi connectivity index (χ0) is 16.6. The number of halogens is 1. The minimum absolute atomic E-state index is 0.0828. The van der Waals surface area contributed by atoms with Crippen molar-refractivity contribution < 1.29 is 5.11 Å². The first kappa shape index (κ1) is 20.8. The van der Waals surface area contributed by atoms with E-state index in [4.69, 9.17) is 7.85 Å². The van der Waals surface area contributed by atoms with Gasteiger partial charge in [-0.15, -0.1) is 0 Å². The first-order valence-electron chi connectivity index (χ1n) is 7.46. The van der Waals surface area contributed by atoms with Gasteiger partial charge in [-0.05, 0) is 22.7 Å². The van der Waals surface area contributed by atoms with Gasteiger partial charge in [-0.3, -0.25) is 0 Å². The average Bonchev–Trinajstić information content (AvgIpc) is 2.08. The molecule has 0 heterocycles. The van der Waals surface area contributed by atoms with Crippen LogP contribution in [-0.4, -0.2) is 23.7 Å². The zero-order valence-electron chi connectivity index (χ0n) is 14.9. The average molecular weight is 389 g/mol. The topological polar surface area (TPSA) is 20.2 Å². The van der Waals surface area contributed by atoms with Crippen LogP contribution in [0.4, 0.5) is 0 Å². The lowest BCUT2D eigenvalue weighted by Crippen LogP contribution is -2.43. The van der Waals surface area contributed by atoms with Crippen LogP contribution in [0.3, 0.4) is 0 Å². The van der Waals surface area contributed by atoms with Gasteiger partial charge >= 0.3 is 0 Å². The molecule has 0 bridgehead atoms. The Kier molecular flexibility index (Phi) is 6.39. The number of alkyl halides is 1. The summed E-state index contributed by atoms with van der Waals surface area (Å²) >= 11 is 1.93. The Morgan fingerprint density at radius 3 is 1.60 bits per heavy atom. The highest BCUT2D eigenvalue weighted by Gasteiger charge is 2.43. The fraction of sp³-hybridized carbons (Fsp3) is 1.00. The van der Waals surface area contributed by atoms with Crippen LogP contribution in [0, 0.1) is 16.2 Å². The van der Waals surface area contributed by atoms with Crippen LogP contribution in [-0.2, 0) is 0 Å². The van der Waals surface area contributed by atoms with Gasteiger partial charge in [0.15, 0.2) is 0 Å². The molecule has 0 rings (SSSR count). The standard InChI is InChI=1S/C16H32B2IO/c1-12(2,3)10-13(4,5)15(8,9)18-11-14(6,7)16(17,19)20/h20H,10-11H2,1-9H3. The van der Waals surface area contributed by atoms with Crippen molar-refractivity contribution in [3.8, 4) is 0 Å². The molecule has 0 spiro atoms. The molecule has 0 aliphatic rings. The van der Waals surface area contributed by atoms with E-state index in [1.165, 1.54) is 0 Å². The largest absolute Gasteiger partial charge is 0.389 e. The molecule has 1 atom stereocenters. The van der Waals surface area contributed by atoms with Crippen molar-refractivity contribution in [3.05, 3.63) is 0 Å². The van der Waals surface area contributed by atoms with Gasteiger partial charge in [-0.2, -0.15) is 0 Å². The normalized spacial score (nSPS) is 17.8. The van der Waals surface area contributed by atoms with E-state index in [1.54, 1.807) is 0 Å². The Bertz CT molecular complexity index is 322. The van der Waals surface area contributed by atoms with Crippen LogP contribution in [0.15, 0.2) is 0 Å². The Hall–Kier alpha value is 0.820. The van der Waals surface area contributed by atoms with Crippen molar-refractivity contribution in [2.45, 2.75) is 83.9 Å². The molecule has 3 radical (unpaired) electrons. The van der Waals surface area contributed by atoms with Crippen molar-refractivity contribution in [3.63, 3.8) is 0 Å². The molecule has 1 N–H and O–H groups in total. The van der Waals surface area contributed by atoms with Crippen LogP contribution in [0.25, 0.3) is 0 Å². The number of hydrogen-bond acceptors (Lipinski definition) is 1. The quantitative estimate of drug-likeness (QED) is 0.383. The molecule has 20 heavy (non-hydrogen) atoms. The highest BCUT2D eigenvalue weighted by molar-refractivity contribution is 14.1. The molecular formula is C16H32B2IO. The second-order valence-corrected chi connectivity index (χ2v) is 11.0. The summed E-state index contributed by atoms with van der Waals surface area (Å²) in [6.45, 7) is 20.1. The minimum atomic E-state index is -1.19. The summed E-state index contributed by atoms with van der Waals surface area (Å²) in [6, 6.07) is 0. The Balaban J connectivity index is 4.92. The molecule has 0 aliphatic heterocycles. The summed E-state index contributed by atoms with van der Waals surface area (Å²) in [5.74, 6) is 0. The third-order valence-corrected chi connectivity index (χ3v) is 6.25. The first-order valence-corrected chi connectivity index (χ1v) is 8.54. The SMILES string of the molecule is [B]C(O)(I)C(C)(C)C[B]C(C)(C)C(C)(C)CC(C)(C)C. The van der Waals surface area contributed by atoms with Crippen molar-refractivity contribution in [2.75, 3.05) is 0 Å². The molecule has 0 aliphatic carbocycles. The predicted molar refractivity (Wildman–Crippen MR) is 101 cm³/mol. The molecule has 0 amide bonds. The summed E-state index contributed by atoms with van der Waals surface area (Å²) in [4.78, 5) is 0. The molecule has 0 aromatic rings. The van der Waals surface area contributed by atoms with E-state index < -0.39 is 3.51 Å². The maximum atomic E-state index is 10.1. The number of rotatable bonds is 6. The van der Waals surface area contributed by atoms with E-state index in [-0.39, 0.29) is 16.1 Å². The summed E-state index contributed by atoms with van der Waals surface area (Å²) in [5.41, 5.74) is 0.157.